The van der Waals surface area contributed by atoms with Crippen molar-refractivity contribution in [1.29, 1.82) is 0 Å². The molecule has 1 aliphatic rings. The summed E-state index contributed by atoms with van der Waals surface area (Å²) in [4.78, 5) is 0. The summed E-state index contributed by atoms with van der Waals surface area (Å²) in [6.07, 6.45) is 5.99. The van der Waals surface area contributed by atoms with Crippen LogP contribution >= 0.6 is 0 Å². The maximum Gasteiger partial charge on any atom is 0.0731 e. The van der Waals surface area contributed by atoms with Crippen LogP contribution in [0.25, 0.3) is 0 Å². The molecule has 0 aliphatic carbocycles. The lowest BCUT2D eigenvalue weighted by Gasteiger charge is -2.05. The monoisotopic (exact) mass is 318 g/mol. The van der Waals surface area contributed by atoms with Crippen molar-refractivity contribution in [2.75, 3.05) is 16.8 Å². The molecule has 1 aliphatic heterocycles. The zero-order valence-electron chi connectivity index (χ0n) is 12.9. The van der Waals surface area contributed by atoms with Gasteiger partial charge in [-0.1, -0.05) is 0 Å². The number of hydrogen-bond donors (Lipinski definition) is 1. The van der Waals surface area contributed by atoms with Crippen molar-refractivity contribution in [2.24, 2.45) is 4.36 Å². The molecule has 1 aromatic heterocycles. The van der Waals surface area contributed by atoms with Gasteiger partial charge in [0.2, 0.25) is 0 Å². The highest BCUT2D eigenvalue weighted by molar-refractivity contribution is 7.93. The molecule has 2 aromatic rings. The third kappa shape index (κ3) is 3.68. The second-order valence-corrected chi connectivity index (χ2v) is 8.13. The summed E-state index contributed by atoms with van der Waals surface area (Å²) in [5.74, 6) is 1.49. The van der Waals surface area contributed by atoms with Gasteiger partial charge in [0, 0.05) is 42.0 Å². The van der Waals surface area contributed by atoms with E-state index in [9.17, 15) is 4.21 Å². The standard InChI is InChI=1S/C16H22N4OS/c1-2-20-13-14(12-18-20)11-17-15-5-7-16(8-6-15)19-22(21)9-3-4-10-22/h5-8,12-13,17H,2-4,9-11H2,1H3. The molecular weight excluding hydrogens is 296 g/mol. The minimum atomic E-state index is -1.98. The lowest BCUT2D eigenvalue weighted by molar-refractivity contribution is 0.659. The topological polar surface area (TPSA) is 59.3 Å². The summed E-state index contributed by atoms with van der Waals surface area (Å²) < 4.78 is 18.8. The second kappa shape index (κ2) is 6.52. The van der Waals surface area contributed by atoms with Gasteiger partial charge in [0.25, 0.3) is 0 Å². The lowest BCUT2D eigenvalue weighted by atomic mass is 10.2. The fraction of sp³-hybridized carbons (Fsp3) is 0.438. The van der Waals surface area contributed by atoms with Crippen LogP contribution in [-0.4, -0.2) is 25.5 Å². The zero-order valence-corrected chi connectivity index (χ0v) is 13.7. The molecule has 0 spiro atoms. The van der Waals surface area contributed by atoms with E-state index in [4.69, 9.17) is 0 Å². The smallest absolute Gasteiger partial charge is 0.0731 e. The van der Waals surface area contributed by atoms with E-state index in [2.05, 4.69) is 21.7 Å². The van der Waals surface area contributed by atoms with Crippen LogP contribution < -0.4 is 5.32 Å². The highest BCUT2D eigenvalue weighted by Crippen LogP contribution is 2.22. The average molecular weight is 318 g/mol. The van der Waals surface area contributed by atoms with E-state index in [1.54, 1.807) is 0 Å². The van der Waals surface area contributed by atoms with Crippen molar-refractivity contribution >= 4 is 21.1 Å². The zero-order chi connectivity index (χ0) is 15.4. The molecule has 0 unspecified atom stereocenters. The van der Waals surface area contributed by atoms with Crippen molar-refractivity contribution in [3.05, 3.63) is 42.2 Å². The van der Waals surface area contributed by atoms with Gasteiger partial charge in [-0.3, -0.25) is 4.68 Å². The number of aromatic nitrogens is 2. The Labute approximate surface area is 131 Å². The predicted molar refractivity (Wildman–Crippen MR) is 90.9 cm³/mol. The van der Waals surface area contributed by atoms with E-state index in [0.29, 0.717) is 0 Å². The van der Waals surface area contributed by atoms with Crippen molar-refractivity contribution in [3.63, 3.8) is 0 Å². The van der Waals surface area contributed by atoms with E-state index in [0.717, 1.165) is 54.4 Å². The first kappa shape index (κ1) is 15.1. The molecule has 22 heavy (non-hydrogen) atoms. The SMILES string of the molecule is CCn1cc(CNc2ccc(N=S3(=O)CCCC3)cc2)cn1. The molecule has 6 heteroatoms. The van der Waals surface area contributed by atoms with Gasteiger partial charge >= 0.3 is 0 Å². The minimum absolute atomic E-state index is 0.743. The molecule has 0 radical (unpaired) electrons. The molecule has 118 valence electrons. The third-order valence-electron chi connectivity index (χ3n) is 3.82. The first-order chi connectivity index (χ1) is 10.7. The summed E-state index contributed by atoms with van der Waals surface area (Å²) in [6, 6.07) is 7.84. The summed E-state index contributed by atoms with van der Waals surface area (Å²) in [5, 5.41) is 7.62. The molecule has 1 saturated heterocycles. The fourth-order valence-corrected chi connectivity index (χ4v) is 4.76. The largest absolute Gasteiger partial charge is 0.381 e. The first-order valence-electron chi connectivity index (χ1n) is 7.75. The molecule has 1 N–H and O–H groups in total. The van der Waals surface area contributed by atoms with Crippen LogP contribution in [-0.2, 0) is 22.8 Å². The molecule has 5 nitrogen and oxygen atoms in total. The second-order valence-electron chi connectivity index (χ2n) is 5.58. The molecule has 2 heterocycles. The Morgan fingerprint density at radius 1 is 1.27 bits per heavy atom. The number of rotatable bonds is 5. The van der Waals surface area contributed by atoms with Crippen molar-refractivity contribution in [3.8, 4) is 0 Å². The van der Waals surface area contributed by atoms with E-state index in [1.165, 1.54) is 0 Å². The van der Waals surface area contributed by atoms with Crippen LogP contribution in [0, 0.1) is 0 Å². The first-order valence-corrected chi connectivity index (χ1v) is 9.60. The minimum Gasteiger partial charge on any atom is -0.381 e. The number of nitrogens with one attached hydrogen (secondary N) is 1. The van der Waals surface area contributed by atoms with Gasteiger partial charge in [-0.05, 0) is 44.0 Å². The molecule has 0 bridgehead atoms. The van der Waals surface area contributed by atoms with Gasteiger partial charge in [0.1, 0.15) is 0 Å². The number of hydrogen-bond acceptors (Lipinski definition) is 4. The fourth-order valence-electron chi connectivity index (χ4n) is 2.56. The quantitative estimate of drug-likeness (QED) is 0.919. The predicted octanol–water partition coefficient (Wildman–Crippen LogP) is 3.41. The van der Waals surface area contributed by atoms with Gasteiger partial charge < -0.3 is 5.32 Å². The maximum atomic E-state index is 12.4. The Morgan fingerprint density at radius 3 is 2.64 bits per heavy atom. The Bertz CT molecular complexity index is 730. The molecular formula is C16H22N4OS. The van der Waals surface area contributed by atoms with Crippen LogP contribution in [0.2, 0.25) is 0 Å². The summed E-state index contributed by atoms with van der Waals surface area (Å²) >= 11 is 0. The van der Waals surface area contributed by atoms with E-state index < -0.39 is 9.73 Å². The van der Waals surface area contributed by atoms with E-state index >= 15 is 0 Å². The Kier molecular flexibility index (Phi) is 4.47. The van der Waals surface area contributed by atoms with Gasteiger partial charge in [0.15, 0.2) is 0 Å². The summed E-state index contributed by atoms with van der Waals surface area (Å²) in [6.45, 7) is 3.70. The van der Waals surface area contributed by atoms with Gasteiger partial charge in [0.05, 0.1) is 21.6 Å². The summed E-state index contributed by atoms with van der Waals surface area (Å²) in [5.41, 5.74) is 3.00. The van der Waals surface area contributed by atoms with Crippen LogP contribution in [0.3, 0.4) is 0 Å². The highest BCUT2D eigenvalue weighted by atomic mass is 32.2. The molecule has 0 saturated carbocycles. The van der Waals surface area contributed by atoms with E-state index in [1.807, 2.05) is 41.3 Å². The van der Waals surface area contributed by atoms with Gasteiger partial charge in [-0.2, -0.15) is 9.46 Å². The number of nitrogens with zero attached hydrogens (tertiary/aromatic N) is 3. The Morgan fingerprint density at radius 2 is 2.00 bits per heavy atom. The molecule has 1 aromatic carbocycles. The third-order valence-corrected chi connectivity index (χ3v) is 6.22. The Hall–Kier alpha value is -1.82. The van der Waals surface area contributed by atoms with Crippen molar-refractivity contribution in [2.45, 2.75) is 32.9 Å². The molecule has 1 fully saturated rings. The lowest BCUT2D eigenvalue weighted by Crippen LogP contribution is -2.00. The van der Waals surface area contributed by atoms with Crippen LogP contribution in [0.4, 0.5) is 11.4 Å². The van der Waals surface area contributed by atoms with Gasteiger partial charge in [-0.15, -0.1) is 0 Å². The van der Waals surface area contributed by atoms with Gasteiger partial charge in [-0.25, -0.2) is 4.21 Å². The normalized spacial score (nSPS) is 16.6. The number of anilines is 1. The van der Waals surface area contributed by atoms with E-state index in [-0.39, 0.29) is 0 Å². The maximum absolute atomic E-state index is 12.4. The molecule has 0 amide bonds. The summed E-state index contributed by atoms with van der Waals surface area (Å²) in [7, 11) is -1.98. The average Bonchev–Trinajstić information content (AvgIpc) is 3.15. The molecule has 3 rings (SSSR count). The van der Waals surface area contributed by atoms with Crippen LogP contribution in [0.5, 0.6) is 0 Å². The van der Waals surface area contributed by atoms with Crippen molar-refractivity contribution < 1.29 is 4.21 Å². The number of benzene rings is 1. The number of aryl methyl sites for hydroxylation is 1. The van der Waals surface area contributed by atoms with Crippen molar-refractivity contribution in [1.82, 2.24) is 9.78 Å². The Balaban J connectivity index is 1.63. The van der Waals surface area contributed by atoms with Crippen LogP contribution in [0.15, 0.2) is 41.0 Å². The van der Waals surface area contributed by atoms with Crippen LogP contribution in [0.1, 0.15) is 25.3 Å². The highest BCUT2D eigenvalue weighted by Gasteiger charge is 2.16. The molecule has 0 atom stereocenters.